The van der Waals surface area contributed by atoms with E-state index in [0.29, 0.717) is 6.54 Å². The van der Waals surface area contributed by atoms with Crippen molar-refractivity contribution in [2.75, 3.05) is 19.7 Å². The molecule has 1 aliphatic rings. The first-order chi connectivity index (χ1) is 7.83. The largest absolute Gasteiger partial charge is 0.493 e. The zero-order valence-corrected chi connectivity index (χ0v) is 9.58. The first-order valence-electron chi connectivity index (χ1n) is 5.81. The number of ketones is 1. The summed E-state index contributed by atoms with van der Waals surface area (Å²) in [6, 6.07) is 5.83. The third-order valence-electron chi connectivity index (χ3n) is 2.77. The second-order valence-corrected chi connectivity index (χ2v) is 3.95. The Kier molecular flexibility index (Phi) is 3.57. The van der Waals surface area contributed by atoms with Crippen LogP contribution in [0.5, 0.6) is 5.75 Å². The molecule has 3 heteroatoms. The van der Waals surface area contributed by atoms with E-state index in [4.69, 9.17) is 4.74 Å². The predicted octanol–water partition coefficient (Wildman–Crippen LogP) is 1.80. The number of hydrogen-bond donors (Lipinski definition) is 1. The molecule has 1 aromatic carbocycles. The van der Waals surface area contributed by atoms with Gasteiger partial charge in [0.05, 0.1) is 18.7 Å². The number of nitrogens with one attached hydrogen (secondary N) is 1. The summed E-state index contributed by atoms with van der Waals surface area (Å²) < 4.78 is 5.61. The van der Waals surface area contributed by atoms with Gasteiger partial charge in [-0.05, 0) is 31.0 Å². The maximum atomic E-state index is 11.9. The monoisotopic (exact) mass is 219 g/mol. The van der Waals surface area contributed by atoms with Crippen molar-refractivity contribution in [2.45, 2.75) is 19.8 Å². The number of carbonyl (C=O) groups is 1. The van der Waals surface area contributed by atoms with E-state index in [1.807, 2.05) is 25.1 Å². The summed E-state index contributed by atoms with van der Waals surface area (Å²) >= 11 is 0. The summed E-state index contributed by atoms with van der Waals surface area (Å²) in [5.74, 6) is 0.914. The Balaban J connectivity index is 2.23. The summed E-state index contributed by atoms with van der Waals surface area (Å²) in [7, 11) is 0. The van der Waals surface area contributed by atoms with Gasteiger partial charge < -0.3 is 10.1 Å². The number of aryl methyl sites for hydroxylation is 1. The Morgan fingerprint density at radius 3 is 3.19 bits per heavy atom. The van der Waals surface area contributed by atoms with E-state index in [-0.39, 0.29) is 5.78 Å². The molecule has 2 rings (SSSR count). The first kappa shape index (κ1) is 11.1. The van der Waals surface area contributed by atoms with Gasteiger partial charge in [-0.2, -0.15) is 0 Å². The minimum atomic E-state index is 0.112. The molecule has 0 atom stereocenters. The quantitative estimate of drug-likeness (QED) is 0.785. The van der Waals surface area contributed by atoms with Gasteiger partial charge in [-0.25, -0.2) is 0 Å². The Hall–Kier alpha value is -1.35. The number of Topliss-reactive ketones (excluding diaryl/α,β-unsaturated/α-hetero) is 1. The zero-order valence-electron chi connectivity index (χ0n) is 9.58. The minimum Gasteiger partial charge on any atom is -0.493 e. The molecule has 1 aliphatic heterocycles. The Morgan fingerprint density at radius 2 is 2.38 bits per heavy atom. The van der Waals surface area contributed by atoms with Crippen molar-refractivity contribution in [1.29, 1.82) is 0 Å². The minimum absolute atomic E-state index is 0.112. The Bertz CT molecular complexity index is 388. The molecule has 0 radical (unpaired) electrons. The highest BCUT2D eigenvalue weighted by atomic mass is 16.5. The lowest BCUT2D eigenvalue weighted by Crippen LogP contribution is -2.24. The van der Waals surface area contributed by atoms with Gasteiger partial charge in [0.25, 0.3) is 0 Å². The lowest BCUT2D eigenvalue weighted by atomic mass is 10.00. The van der Waals surface area contributed by atoms with Gasteiger partial charge in [-0.15, -0.1) is 0 Å². The van der Waals surface area contributed by atoms with E-state index in [1.54, 1.807) is 0 Å². The number of carbonyl (C=O) groups excluding carboxylic acids is 1. The highest BCUT2D eigenvalue weighted by molar-refractivity contribution is 6.00. The molecule has 0 bridgehead atoms. The molecule has 0 spiro atoms. The van der Waals surface area contributed by atoms with Crippen LogP contribution in [0, 0.1) is 0 Å². The van der Waals surface area contributed by atoms with Crippen LogP contribution in [-0.2, 0) is 6.42 Å². The van der Waals surface area contributed by atoms with Gasteiger partial charge in [0.2, 0.25) is 0 Å². The second-order valence-electron chi connectivity index (χ2n) is 3.95. The first-order valence-corrected chi connectivity index (χ1v) is 5.81. The fourth-order valence-electron chi connectivity index (χ4n) is 1.94. The number of benzene rings is 1. The van der Waals surface area contributed by atoms with E-state index >= 15 is 0 Å². The van der Waals surface area contributed by atoms with Crippen molar-refractivity contribution in [1.82, 2.24) is 5.32 Å². The molecule has 1 heterocycles. The van der Waals surface area contributed by atoms with Crippen LogP contribution in [0.2, 0.25) is 0 Å². The summed E-state index contributed by atoms with van der Waals surface area (Å²) in [5, 5.41) is 3.05. The van der Waals surface area contributed by atoms with E-state index in [0.717, 1.165) is 42.9 Å². The zero-order chi connectivity index (χ0) is 11.4. The molecular weight excluding hydrogens is 202 g/mol. The summed E-state index contributed by atoms with van der Waals surface area (Å²) in [6.07, 6.45) is 2.05. The van der Waals surface area contributed by atoms with E-state index < -0.39 is 0 Å². The molecule has 0 aromatic heterocycles. The molecule has 16 heavy (non-hydrogen) atoms. The lowest BCUT2D eigenvalue weighted by molar-refractivity contribution is 0.0987. The smallest absolute Gasteiger partial charge is 0.180 e. The van der Waals surface area contributed by atoms with Crippen LogP contribution in [0.25, 0.3) is 0 Å². The van der Waals surface area contributed by atoms with Crippen molar-refractivity contribution in [3.63, 3.8) is 0 Å². The fourth-order valence-corrected chi connectivity index (χ4v) is 1.94. The topological polar surface area (TPSA) is 38.3 Å². The van der Waals surface area contributed by atoms with Crippen LogP contribution >= 0.6 is 0 Å². The summed E-state index contributed by atoms with van der Waals surface area (Å²) in [4.78, 5) is 11.9. The molecule has 0 aliphatic carbocycles. The maximum Gasteiger partial charge on any atom is 0.180 e. The molecule has 1 N–H and O–H groups in total. The molecule has 1 aromatic rings. The molecule has 0 unspecified atom stereocenters. The normalized spacial score (nSPS) is 14.1. The Morgan fingerprint density at radius 1 is 1.50 bits per heavy atom. The van der Waals surface area contributed by atoms with Crippen molar-refractivity contribution in [2.24, 2.45) is 0 Å². The van der Waals surface area contributed by atoms with E-state index in [1.165, 1.54) is 0 Å². The third kappa shape index (κ3) is 2.25. The van der Waals surface area contributed by atoms with Gasteiger partial charge in [0.1, 0.15) is 5.75 Å². The standard InChI is InChI=1S/C13H17NO2/c1-2-14-9-12(15)11-7-3-5-10-6-4-8-16-13(10)11/h3,5,7,14H,2,4,6,8-9H2,1H3. The lowest BCUT2D eigenvalue weighted by Gasteiger charge is -2.19. The summed E-state index contributed by atoms with van der Waals surface area (Å²) in [5.41, 5.74) is 1.88. The molecule has 3 nitrogen and oxygen atoms in total. The average Bonchev–Trinajstić information content (AvgIpc) is 2.35. The van der Waals surface area contributed by atoms with Crippen molar-refractivity contribution in [3.8, 4) is 5.75 Å². The van der Waals surface area contributed by atoms with Crippen LogP contribution in [0.1, 0.15) is 29.3 Å². The van der Waals surface area contributed by atoms with E-state index in [2.05, 4.69) is 5.32 Å². The number of likely N-dealkylation sites (N-methyl/N-ethyl adjacent to an activating group) is 1. The van der Waals surface area contributed by atoms with Crippen molar-refractivity contribution in [3.05, 3.63) is 29.3 Å². The second kappa shape index (κ2) is 5.12. The van der Waals surface area contributed by atoms with E-state index in [9.17, 15) is 4.79 Å². The number of ether oxygens (including phenoxy) is 1. The fraction of sp³-hybridized carbons (Fsp3) is 0.462. The van der Waals surface area contributed by atoms with Gasteiger partial charge in [0.15, 0.2) is 5.78 Å². The molecule has 0 saturated carbocycles. The Labute approximate surface area is 95.8 Å². The SMILES string of the molecule is CCNCC(=O)c1cccc2c1OCCC2. The number of para-hydroxylation sites is 1. The number of hydrogen-bond acceptors (Lipinski definition) is 3. The molecule has 86 valence electrons. The van der Waals surface area contributed by atoms with Crippen LogP contribution in [0.3, 0.4) is 0 Å². The molecule has 0 fully saturated rings. The number of rotatable bonds is 4. The third-order valence-corrected chi connectivity index (χ3v) is 2.77. The van der Waals surface area contributed by atoms with Gasteiger partial charge in [0, 0.05) is 0 Å². The molecular formula is C13H17NO2. The van der Waals surface area contributed by atoms with Gasteiger partial charge in [-0.3, -0.25) is 4.79 Å². The predicted molar refractivity (Wildman–Crippen MR) is 63.1 cm³/mol. The molecule has 0 amide bonds. The highest BCUT2D eigenvalue weighted by Crippen LogP contribution is 2.28. The van der Waals surface area contributed by atoms with Crippen molar-refractivity contribution < 1.29 is 9.53 Å². The number of fused-ring (bicyclic) bond motifs is 1. The van der Waals surface area contributed by atoms with Crippen LogP contribution in [0.4, 0.5) is 0 Å². The van der Waals surface area contributed by atoms with Crippen LogP contribution in [0.15, 0.2) is 18.2 Å². The average molecular weight is 219 g/mol. The maximum absolute atomic E-state index is 11.9. The molecule has 0 saturated heterocycles. The highest BCUT2D eigenvalue weighted by Gasteiger charge is 2.18. The summed E-state index contributed by atoms with van der Waals surface area (Å²) in [6.45, 7) is 3.90. The van der Waals surface area contributed by atoms with Gasteiger partial charge in [-0.1, -0.05) is 19.1 Å². The van der Waals surface area contributed by atoms with Crippen LogP contribution in [-0.4, -0.2) is 25.5 Å². The van der Waals surface area contributed by atoms with Gasteiger partial charge >= 0.3 is 0 Å². The van der Waals surface area contributed by atoms with Crippen LogP contribution < -0.4 is 10.1 Å². The van der Waals surface area contributed by atoms with Crippen molar-refractivity contribution >= 4 is 5.78 Å².